The maximum atomic E-state index is 6.14. The second-order valence-electron chi connectivity index (χ2n) is 4.49. The molecule has 0 fully saturated rings. The topological polar surface area (TPSA) is 29.3 Å². The standard InChI is InChI=1S/C14H23ClN2/c1-4-9-17(5-2)14(11(3)16)12-7-6-8-13(15)10-12/h6-8,10-11,14H,4-5,9,16H2,1-3H3. The summed E-state index contributed by atoms with van der Waals surface area (Å²) in [6.07, 6.45) is 1.14. The van der Waals surface area contributed by atoms with E-state index in [-0.39, 0.29) is 12.1 Å². The molecule has 96 valence electrons. The summed E-state index contributed by atoms with van der Waals surface area (Å²) in [5.74, 6) is 0. The van der Waals surface area contributed by atoms with E-state index in [1.54, 1.807) is 0 Å². The molecule has 0 spiro atoms. The van der Waals surface area contributed by atoms with E-state index in [2.05, 4.69) is 31.7 Å². The lowest BCUT2D eigenvalue weighted by atomic mass is 9.99. The number of hydrogen-bond acceptors (Lipinski definition) is 2. The SMILES string of the molecule is CCCN(CC)C(c1cccc(Cl)c1)C(C)N. The highest BCUT2D eigenvalue weighted by Crippen LogP contribution is 2.25. The van der Waals surface area contributed by atoms with Crippen molar-refractivity contribution in [3.05, 3.63) is 34.9 Å². The van der Waals surface area contributed by atoms with Crippen LogP contribution in [0.15, 0.2) is 24.3 Å². The maximum Gasteiger partial charge on any atom is 0.0496 e. The third-order valence-corrected chi connectivity index (χ3v) is 3.23. The van der Waals surface area contributed by atoms with Crippen molar-refractivity contribution in [3.63, 3.8) is 0 Å². The summed E-state index contributed by atoms with van der Waals surface area (Å²) in [6.45, 7) is 8.50. The molecule has 3 heteroatoms. The van der Waals surface area contributed by atoms with Crippen molar-refractivity contribution in [1.82, 2.24) is 4.90 Å². The third-order valence-electron chi connectivity index (χ3n) is 3.00. The van der Waals surface area contributed by atoms with Crippen LogP contribution in [0.3, 0.4) is 0 Å². The number of hydrogen-bond donors (Lipinski definition) is 1. The smallest absolute Gasteiger partial charge is 0.0496 e. The van der Waals surface area contributed by atoms with Gasteiger partial charge in [-0.2, -0.15) is 0 Å². The molecular weight excluding hydrogens is 232 g/mol. The summed E-state index contributed by atoms with van der Waals surface area (Å²) in [6, 6.07) is 8.37. The summed E-state index contributed by atoms with van der Waals surface area (Å²) in [4.78, 5) is 2.41. The molecule has 0 saturated heterocycles. The Morgan fingerprint density at radius 2 is 2.06 bits per heavy atom. The van der Waals surface area contributed by atoms with Gasteiger partial charge in [-0.25, -0.2) is 0 Å². The highest BCUT2D eigenvalue weighted by molar-refractivity contribution is 6.30. The van der Waals surface area contributed by atoms with Gasteiger partial charge in [0, 0.05) is 17.1 Å². The van der Waals surface area contributed by atoms with E-state index in [0.717, 1.165) is 24.5 Å². The fraction of sp³-hybridized carbons (Fsp3) is 0.571. The van der Waals surface area contributed by atoms with E-state index in [4.69, 9.17) is 17.3 Å². The number of likely N-dealkylation sites (N-methyl/N-ethyl adjacent to an activating group) is 1. The van der Waals surface area contributed by atoms with E-state index in [1.807, 2.05) is 18.2 Å². The molecule has 0 amide bonds. The minimum absolute atomic E-state index is 0.0972. The summed E-state index contributed by atoms with van der Waals surface area (Å²) in [5.41, 5.74) is 7.35. The van der Waals surface area contributed by atoms with Crippen LogP contribution in [0.1, 0.15) is 38.8 Å². The third kappa shape index (κ3) is 3.98. The molecule has 1 rings (SSSR count). The molecule has 1 aromatic rings. The van der Waals surface area contributed by atoms with Crippen LogP contribution in [-0.2, 0) is 0 Å². The minimum atomic E-state index is 0.0972. The minimum Gasteiger partial charge on any atom is -0.326 e. The largest absolute Gasteiger partial charge is 0.326 e. The highest BCUT2D eigenvalue weighted by Gasteiger charge is 2.22. The van der Waals surface area contributed by atoms with Crippen molar-refractivity contribution in [1.29, 1.82) is 0 Å². The molecule has 0 heterocycles. The maximum absolute atomic E-state index is 6.14. The molecule has 0 saturated carbocycles. The van der Waals surface area contributed by atoms with Gasteiger partial charge in [-0.15, -0.1) is 0 Å². The van der Waals surface area contributed by atoms with E-state index in [0.29, 0.717) is 0 Å². The van der Waals surface area contributed by atoms with Crippen molar-refractivity contribution in [2.75, 3.05) is 13.1 Å². The molecule has 2 nitrogen and oxygen atoms in total. The molecule has 0 radical (unpaired) electrons. The van der Waals surface area contributed by atoms with Crippen molar-refractivity contribution in [3.8, 4) is 0 Å². The van der Waals surface area contributed by atoms with E-state index >= 15 is 0 Å². The fourth-order valence-electron chi connectivity index (χ4n) is 2.32. The van der Waals surface area contributed by atoms with Crippen LogP contribution in [0.5, 0.6) is 0 Å². The first-order chi connectivity index (χ1) is 8.10. The Kier molecular flexibility index (Phi) is 5.96. The molecule has 1 aromatic carbocycles. The second kappa shape index (κ2) is 7.00. The van der Waals surface area contributed by atoms with E-state index in [9.17, 15) is 0 Å². The second-order valence-corrected chi connectivity index (χ2v) is 4.92. The Morgan fingerprint density at radius 1 is 1.35 bits per heavy atom. The Bertz CT molecular complexity index is 339. The number of benzene rings is 1. The van der Waals surface area contributed by atoms with Gasteiger partial charge in [-0.1, -0.05) is 37.6 Å². The summed E-state index contributed by atoms with van der Waals surface area (Å²) < 4.78 is 0. The molecule has 0 aliphatic carbocycles. The van der Waals surface area contributed by atoms with Crippen LogP contribution in [-0.4, -0.2) is 24.0 Å². The van der Waals surface area contributed by atoms with Gasteiger partial charge in [-0.05, 0) is 44.1 Å². The zero-order valence-electron chi connectivity index (χ0n) is 11.0. The van der Waals surface area contributed by atoms with Crippen LogP contribution in [0.2, 0.25) is 5.02 Å². The molecular formula is C14H23ClN2. The zero-order chi connectivity index (χ0) is 12.8. The molecule has 2 N–H and O–H groups in total. The summed E-state index contributed by atoms with van der Waals surface area (Å²) in [5, 5.41) is 0.778. The van der Waals surface area contributed by atoms with Crippen molar-refractivity contribution in [2.45, 2.75) is 39.3 Å². The molecule has 17 heavy (non-hydrogen) atoms. The monoisotopic (exact) mass is 254 g/mol. The molecule has 0 aliphatic heterocycles. The van der Waals surface area contributed by atoms with Crippen LogP contribution in [0.4, 0.5) is 0 Å². The average Bonchev–Trinajstić information content (AvgIpc) is 2.28. The molecule has 0 aliphatic rings. The van der Waals surface area contributed by atoms with Crippen molar-refractivity contribution in [2.24, 2.45) is 5.73 Å². The Labute approximate surface area is 110 Å². The van der Waals surface area contributed by atoms with Crippen LogP contribution in [0.25, 0.3) is 0 Å². The van der Waals surface area contributed by atoms with Crippen molar-refractivity contribution < 1.29 is 0 Å². The first-order valence-electron chi connectivity index (χ1n) is 6.35. The van der Waals surface area contributed by atoms with Gasteiger partial charge >= 0.3 is 0 Å². The molecule has 2 unspecified atom stereocenters. The van der Waals surface area contributed by atoms with Gasteiger partial charge in [0.25, 0.3) is 0 Å². The molecule has 0 bridgehead atoms. The lowest BCUT2D eigenvalue weighted by molar-refractivity contribution is 0.186. The van der Waals surface area contributed by atoms with E-state index < -0.39 is 0 Å². The van der Waals surface area contributed by atoms with Crippen molar-refractivity contribution >= 4 is 11.6 Å². The molecule has 2 atom stereocenters. The summed E-state index contributed by atoms with van der Waals surface area (Å²) >= 11 is 6.06. The predicted molar refractivity (Wildman–Crippen MR) is 75.4 cm³/mol. The van der Waals surface area contributed by atoms with Gasteiger partial charge in [-0.3, -0.25) is 4.90 Å². The van der Waals surface area contributed by atoms with Gasteiger partial charge in [0.05, 0.1) is 0 Å². The van der Waals surface area contributed by atoms with E-state index in [1.165, 1.54) is 5.56 Å². The summed E-state index contributed by atoms with van der Waals surface area (Å²) in [7, 11) is 0. The normalized spacial score (nSPS) is 14.9. The average molecular weight is 255 g/mol. The first-order valence-corrected chi connectivity index (χ1v) is 6.73. The Hall–Kier alpha value is -0.570. The highest BCUT2D eigenvalue weighted by atomic mass is 35.5. The number of nitrogens with two attached hydrogens (primary N) is 1. The Balaban J connectivity index is 2.99. The van der Waals surface area contributed by atoms with Crippen LogP contribution >= 0.6 is 11.6 Å². The number of rotatable bonds is 6. The van der Waals surface area contributed by atoms with Gasteiger partial charge in [0.2, 0.25) is 0 Å². The van der Waals surface area contributed by atoms with Gasteiger partial charge < -0.3 is 5.73 Å². The predicted octanol–water partition coefficient (Wildman–Crippen LogP) is 3.46. The van der Waals surface area contributed by atoms with Crippen LogP contribution < -0.4 is 5.73 Å². The lowest BCUT2D eigenvalue weighted by Gasteiger charge is -2.33. The Morgan fingerprint density at radius 3 is 2.53 bits per heavy atom. The lowest BCUT2D eigenvalue weighted by Crippen LogP contribution is -2.39. The number of halogens is 1. The van der Waals surface area contributed by atoms with Gasteiger partial charge in [0.1, 0.15) is 0 Å². The van der Waals surface area contributed by atoms with Crippen LogP contribution in [0, 0.1) is 0 Å². The zero-order valence-corrected chi connectivity index (χ0v) is 11.7. The van der Waals surface area contributed by atoms with Gasteiger partial charge in [0.15, 0.2) is 0 Å². The quantitative estimate of drug-likeness (QED) is 0.843. The number of nitrogens with zero attached hydrogens (tertiary/aromatic N) is 1. The molecule has 0 aromatic heterocycles. The first kappa shape index (κ1) is 14.5. The fourth-order valence-corrected chi connectivity index (χ4v) is 2.52.